The molecule has 0 aliphatic carbocycles. The first-order valence-corrected chi connectivity index (χ1v) is 11.1. The van der Waals surface area contributed by atoms with E-state index in [4.69, 9.17) is 9.15 Å². The Labute approximate surface area is 202 Å². The largest absolute Gasteiger partial charge is 0.506 e. The summed E-state index contributed by atoms with van der Waals surface area (Å²) in [6, 6.07) is 18.9. The van der Waals surface area contributed by atoms with Gasteiger partial charge in [0.15, 0.2) is 11.5 Å². The second-order valence-corrected chi connectivity index (χ2v) is 8.64. The number of hydrogen-bond acceptors (Lipinski definition) is 6. The molecule has 7 nitrogen and oxygen atoms in total. The molecular weight excluding hydrogens is 502 g/mol. The smallest absolute Gasteiger partial charge is 0.294 e. The number of carbonyl (C=O) groups excluding carboxylic acids is 2. The van der Waals surface area contributed by atoms with Crippen molar-refractivity contribution in [1.82, 2.24) is 0 Å². The van der Waals surface area contributed by atoms with Crippen LogP contribution in [-0.4, -0.2) is 29.0 Å². The van der Waals surface area contributed by atoms with Crippen LogP contribution in [0.4, 0.5) is 5.69 Å². The van der Waals surface area contributed by atoms with Gasteiger partial charge in [-0.1, -0.05) is 40.2 Å². The maximum absolute atomic E-state index is 13.6. The molecule has 1 aliphatic rings. The lowest BCUT2D eigenvalue weighted by atomic mass is 9.94. The molecule has 1 unspecified atom stereocenters. The molecule has 0 bridgehead atoms. The third-order valence-corrected chi connectivity index (χ3v) is 6.22. The molecule has 170 valence electrons. The lowest BCUT2D eigenvalue weighted by molar-refractivity contribution is -0.117. The van der Waals surface area contributed by atoms with Gasteiger partial charge in [0, 0.05) is 9.86 Å². The van der Waals surface area contributed by atoms with Crippen LogP contribution in [0.3, 0.4) is 0 Å². The van der Waals surface area contributed by atoms with E-state index in [0.29, 0.717) is 22.3 Å². The maximum atomic E-state index is 13.6. The molecule has 0 radical (unpaired) electrons. The molecule has 3 aromatic carbocycles. The minimum atomic E-state index is -1.00. The number of phenols is 1. The van der Waals surface area contributed by atoms with E-state index in [2.05, 4.69) is 15.9 Å². The van der Waals surface area contributed by atoms with Crippen LogP contribution in [0, 0.1) is 0 Å². The molecule has 5 rings (SSSR count). The highest BCUT2D eigenvalue weighted by Crippen LogP contribution is 2.45. The van der Waals surface area contributed by atoms with Gasteiger partial charge in [-0.2, -0.15) is 0 Å². The molecule has 1 aromatic heterocycles. The van der Waals surface area contributed by atoms with Gasteiger partial charge >= 0.3 is 0 Å². The Morgan fingerprint density at radius 1 is 1.03 bits per heavy atom. The normalized spacial score (nSPS) is 15.9. The van der Waals surface area contributed by atoms with Gasteiger partial charge in [0.05, 0.1) is 24.4 Å². The summed E-state index contributed by atoms with van der Waals surface area (Å²) in [4.78, 5) is 28.1. The van der Waals surface area contributed by atoms with Crippen LogP contribution in [0.5, 0.6) is 11.5 Å². The number of fused-ring (bicyclic) bond motifs is 1. The molecule has 34 heavy (non-hydrogen) atoms. The van der Waals surface area contributed by atoms with E-state index in [1.807, 2.05) is 0 Å². The summed E-state index contributed by atoms with van der Waals surface area (Å²) in [5, 5.41) is 22.0. The Balaban J connectivity index is 1.67. The number of aromatic hydroxyl groups is 1. The highest BCUT2D eigenvalue weighted by molar-refractivity contribution is 9.10. The Bertz CT molecular complexity index is 1470. The SMILES string of the molecule is COc1ccc(C2C(C(=O)c3cc4cc(Br)ccc4o3)=C(O)C(=O)N2c2ccccc2O)cc1. The number of methoxy groups -OCH3 is 1. The quantitative estimate of drug-likeness (QED) is 0.328. The third kappa shape index (κ3) is 3.52. The number of anilines is 1. The number of Topliss-reactive ketones (excluding diaryl/α,β-unsaturated/α-hetero) is 1. The van der Waals surface area contributed by atoms with Crippen LogP contribution >= 0.6 is 15.9 Å². The minimum Gasteiger partial charge on any atom is -0.506 e. The fraction of sp³-hybridized carbons (Fsp3) is 0.0769. The summed E-state index contributed by atoms with van der Waals surface area (Å²) in [5.41, 5.74) is 1.06. The number of ketones is 1. The van der Waals surface area contributed by atoms with Gasteiger partial charge in [0.25, 0.3) is 5.91 Å². The van der Waals surface area contributed by atoms with Crippen molar-refractivity contribution < 1.29 is 29.0 Å². The van der Waals surface area contributed by atoms with Crippen molar-refractivity contribution in [1.29, 1.82) is 0 Å². The summed E-state index contributed by atoms with van der Waals surface area (Å²) in [5.74, 6) is -1.71. The highest BCUT2D eigenvalue weighted by atomic mass is 79.9. The zero-order chi connectivity index (χ0) is 24.0. The van der Waals surface area contributed by atoms with Crippen molar-refractivity contribution in [3.63, 3.8) is 0 Å². The molecule has 8 heteroatoms. The number of para-hydroxylation sites is 2. The molecule has 0 saturated heterocycles. The fourth-order valence-corrected chi connectivity index (χ4v) is 4.49. The van der Waals surface area contributed by atoms with Crippen LogP contribution < -0.4 is 9.64 Å². The molecule has 2 N–H and O–H groups in total. The first-order chi connectivity index (χ1) is 16.4. The first-order valence-electron chi connectivity index (χ1n) is 10.3. The van der Waals surface area contributed by atoms with E-state index < -0.39 is 23.5 Å². The highest BCUT2D eigenvalue weighted by Gasteiger charge is 2.46. The van der Waals surface area contributed by atoms with Crippen molar-refractivity contribution >= 4 is 44.3 Å². The predicted octanol–water partition coefficient (Wildman–Crippen LogP) is 5.69. The van der Waals surface area contributed by atoms with Gasteiger partial charge < -0.3 is 19.4 Å². The molecule has 2 heterocycles. The topological polar surface area (TPSA) is 100 Å². The van der Waals surface area contributed by atoms with E-state index in [0.717, 1.165) is 4.47 Å². The maximum Gasteiger partial charge on any atom is 0.294 e. The monoisotopic (exact) mass is 519 g/mol. The summed E-state index contributed by atoms with van der Waals surface area (Å²) in [6.07, 6.45) is 0. The Hall–Kier alpha value is -4.04. The molecule has 1 aliphatic heterocycles. The van der Waals surface area contributed by atoms with E-state index in [1.165, 1.54) is 18.1 Å². The molecule has 1 amide bonds. The first kappa shape index (κ1) is 21.8. The van der Waals surface area contributed by atoms with Crippen LogP contribution in [0.1, 0.15) is 22.2 Å². The minimum absolute atomic E-state index is 0.0138. The zero-order valence-corrected chi connectivity index (χ0v) is 19.4. The van der Waals surface area contributed by atoms with Gasteiger partial charge in [-0.3, -0.25) is 14.5 Å². The summed E-state index contributed by atoms with van der Waals surface area (Å²) in [6.45, 7) is 0. The van der Waals surface area contributed by atoms with Crippen LogP contribution in [0.2, 0.25) is 0 Å². The van der Waals surface area contributed by atoms with Gasteiger partial charge in [-0.25, -0.2) is 0 Å². The number of nitrogens with zero attached hydrogens (tertiary/aromatic N) is 1. The van der Waals surface area contributed by atoms with Crippen molar-refractivity contribution in [2.24, 2.45) is 0 Å². The number of hydrogen-bond donors (Lipinski definition) is 2. The second-order valence-electron chi connectivity index (χ2n) is 7.72. The molecule has 0 spiro atoms. The van der Waals surface area contributed by atoms with Gasteiger partial charge in [0.1, 0.15) is 17.1 Å². The lowest BCUT2D eigenvalue weighted by Crippen LogP contribution is -2.31. The van der Waals surface area contributed by atoms with E-state index in [9.17, 15) is 19.8 Å². The average molecular weight is 520 g/mol. The lowest BCUT2D eigenvalue weighted by Gasteiger charge is -2.27. The number of aliphatic hydroxyl groups is 1. The Morgan fingerprint density at radius 3 is 2.47 bits per heavy atom. The molecule has 1 atom stereocenters. The van der Waals surface area contributed by atoms with Crippen LogP contribution in [0.25, 0.3) is 11.0 Å². The average Bonchev–Trinajstić information content (AvgIpc) is 3.38. The second kappa shape index (κ2) is 8.39. The van der Waals surface area contributed by atoms with Gasteiger partial charge in [-0.05, 0) is 54.1 Å². The summed E-state index contributed by atoms with van der Waals surface area (Å²) >= 11 is 3.39. The van der Waals surface area contributed by atoms with Gasteiger partial charge in [0.2, 0.25) is 5.78 Å². The van der Waals surface area contributed by atoms with E-state index in [-0.39, 0.29) is 22.8 Å². The number of benzene rings is 3. The Morgan fingerprint density at radius 2 is 1.76 bits per heavy atom. The molecule has 4 aromatic rings. The van der Waals surface area contributed by atoms with E-state index >= 15 is 0 Å². The predicted molar refractivity (Wildman–Crippen MR) is 129 cm³/mol. The van der Waals surface area contributed by atoms with Crippen molar-refractivity contribution in [2.45, 2.75) is 6.04 Å². The van der Waals surface area contributed by atoms with Gasteiger partial charge in [-0.15, -0.1) is 0 Å². The van der Waals surface area contributed by atoms with Crippen LogP contribution in [-0.2, 0) is 4.79 Å². The summed E-state index contributed by atoms with van der Waals surface area (Å²) < 4.78 is 11.8. The Kier molecular flexibility index (Phi) is 5.37. The number of carbonyl (C=O) groups is 2. The number of phenolic OH excluding ortho intramolecular Hbond substituents is 1. The fourth-order valence-electron chi connectivity index (χ4n) is 4.11. The zero-order valence-electron chi connectivity index (χ0n) is 17.9. The number of rotatable bonds is 5. The standard InChI is InChI=1S/C26H18BrNO6/c1-33-17-9-6-14(7-10-17)23-22(24(30)21-13-15-12-16(27)8-11-20(15)34-21)25(31)26(32)28(23)18-4-2-3-5-19(18)29/h2-13,23,29,31H,1H3. The summed E-state index contributed by atoms with van der Waals surface area (Å²) in [7, 11) is 1.53. The van der Waals surface area contributed by atoms with E-state index in [1.54, 1.807) is 66.7 Å². The molecule has 0 saturated carbocycles. The number of halogens is 1. The van der Waals surface area contributed by atoms with Crippen molar-refractivity contribution in [3.05, 3.63) is 99.9 Å². The number of ether oxygens (including phenoxy) is 1. The van der Waals surface area contributed by atoms with Crippen LogP contribution in [0.15, 0.2) is 93.0 Å². The number of aliphatic hydroxyl groups excluding tert-OH is 1. The molecule has 0 fully saturated rings. The van der Waals surface area contributed by atoms with Crippen molar-refractivity contribution in [3.8, 4) is 11.5 Å². The molecular formula is C26H18BrNO6. The van der Waals surface area contributed by atoms with Crippen molar-refractivity contribution in [2.75, 3.05) is 12.0 Å². The number of amides is 1. The number of furan rings is 1. The third-order valence-electron chi connectivity index (χ3n) is 5.73.